The standard InChI is InChI=1S/C17H24N6O2/c1-10(2)13-8-12(9-14(24)19-13)16(25)21-17-20-15(22-23(17)3)11-4-6-18-7-5-11/h8-11,18H,4-7H2,1-3H3,(H,19,24)(H,20,21,22,25). The second-order valence-corrected chi connectivity index (χ2v) is 6.74. The van der Waals surface area contributed by atoms with Crippen molar-refractivity contribution in [3.05, 3.63) is 39.6 Å². The van der Waals surface area contributed by atoms with Gasteiger partial charge in [0.25, 0.3) is 5.91 Å². The molecule has 1 aliphatic rings. The fourth-order valence-electron chi connectivity index (χ4n) is 2.95. The first kappa shape index (κ1) is 17.3. The van der Waals surface area contributed by atoms with E-state index in [1.165, 1.54) is 6.07 Å². The first-order valence-corrected chi connectivity index (χ1v) is 8.61. The van der Waals surface area contributed by atoms with E-state index in [1.807, 2.05) is 13.8 Å². The Kier molecular flexibility index (Phi) is 4.98. The number of carbonyl (C=O) groups excluding carboxylic acids is 1. The van der Waals surface area contributed by atoms with E-state index >= 15 is 0 Å². The summed E-state index contributed by atoms with van der Waals surface area (Å²) in [7, 11) is 1.75. The molecule has 0 unspecified atom stereocenters. The van der Waals surface area contributed by atoms with Crippen LogP contribution in [0.4, 0.5) is 5.95 Å². The summed E-state index contributed by atoms with van der Waals surface area (Å²) in [5.74, 6) is 1.23. The third-order valence-corrected chi connectivity index (χ3v) is 4.46. The number of nitrogens with one attached hydrogen (secondary N) is 3. The molecule has 1 saturated heterocycles. The highest BCUT2D eigenvalue weighted by Gasteiger charge is 2.21. The van der Waals surface area contributed by atoms with E-state index < -0.39 is 0 Å². The van der Waals surface area contributed by atoms with E-state index in [9.17, 15) is 9.59 Å². The number of anilines is 1. The van der Waals surface area contributed by atoms with Gasteiger partial charge < -0.3 is 10.3 Å². The molecule has 8 heteroatoms. The molecular formula is C17H24N6O2. The van der Waals surface area contributed by atoms with Crippen LogP contribution in [0.5, 0.6) is 0 Å². The number of rotatable bonds is 4. The number of H-pyrrole nitrogens is 1. The molecule has 3 N–H and O–H groups in total. The summed E-state index contributed by atoms with van der Waals surface area (Å²) in [4.78, 5) is 31.5. The lowest BCUT2D eigenvalue weighted by molar-refractivity contribution is 0.102. The number of hydrogen-bond donors (Lipinski definition) is 3. The van der Waals surface area contributed by atoms with Gasteiger partial charge in [-0.2, -0.15) is 10.1 Å². The predicted molar refractivity (Wildman–Crippen MR) is 95.0 cm³/mol. The van der Waals surface area contributed by atoms with E-state index in [-0.39, 0.29) is 17.4 Å². The van der Waals surface area contributed by atoms with Crippen LogP contribution in [0.2, 0.25) is 0 Å². The van der Waals surface area contributed by atoms with Crippen LogP contribution in [-0.4, -0.2) is 38.7 Å². The van der Waals surface area contributed by atoms with Crippen molar-refractivity contribution in [1.82, 2.24) is 25.1 Å². The summed E-state index contributed by atoms with van der Waals surface area (Å²) in [5, 5.41) is 10.5. The number of piperidine rings is 1. The molecule has 2 aromatic heterocycles. The molecular weight excluding hydrogens is 320 g/mol. The quantitative estimate of drug-likeness (QED) is 0.776. The monoisotopic (exact) mass is 344 g/mol. The molecule has 3 rings (SSSR count). The summed E-state index contributed by atoms with van der Waals surface area (Å²) in [6.45, 7) is 5.83. The molecule has 0 bridgehead atoms. The van der Waals surface area contributed by atoms with Crippen molar-refractivity contribution >= 4 is 11.9 Å². The van der Waals surface area contributed by atoms with Gasteiger partial charge in [0.05, 0.1) is 0 Å². The Morgan fingerprint density at radius 3 is 2.72 bits per heavy atom. The fourth-order valence-corrected chi connectivity index (χ4v) is 2.95. The number of pyridine rings is 1. The normalized spacial score (nSPS) is 15.5. The highest BCUT2D eigenvalue weighted by molar-refractivity contribution is 6.03. The number of amides is 1. The molecule has 25 heavy (non-hydrogen) atoms. The summed E-state index contributed by atoms with van der Waals surface area (Å²) in [6, 6.07) is 3.00. The number of aryl methyl sites for hydroxylation is 1. The van der Waals surface area contributed by atoms with Crippen LogP contribution in [0.15, 0.2) is 16.9 Å². The summed E-state index contributed by atoms with van der Waals surface area (Å²) < 4.78 is 1.58. The Bertz CT molecular complexity index is 817. The average molecular weight is 344 g/mol. The first-order chi connectivity index (χ1) is 11.9. The van der Waals surface area contributed by atoms with E-state index in [4.69, 9.17) is 0 Å². The first-order valence-electron chi connectivity index (χ1n) is 8.61. The third-order valence-electron chi connectivity index (χ3n) is 4.46. The van der Waals surface area contributed by atoms with Gasteiger partial charge in [-0.15, -0.1) is 0 Å². The molecule has 1 amide bonds. The lowest BCUT2D eigenvalue weighted by atomic mass is 9.98. The molecule has 1 aliphatic heterocycles. The molecule has 0 atom stereocenters. The Labute approximate surface area is 146 Å². The number of aromatic nitrogens is 4. The SMILES string of the molecule is CC(C)c1cc(C(=O)Nc2nc(C3CCNCC3)nn2C)cc(=O)[nH]1. The van der Waals surface area contributed by atoms with Crippen LogP contribution in [0.1, 0.15) is 60.4 Å². The lowest BCUT2D eigenvalue weighted by Crippen LogP contribution is -2.27. The van der Waals surface area contributed by atoms with E-state index in [0.717, 1.165) is 37.4 Å². The molecule has 2 aromatic rings. The minimum atomic E-state index is -0.361. The van der Waals surface area contributed by atoms with Crippen LogP contribution in [-0.2, 0) is 7.05 Å². The summed E-state index contributed by atoms with van der Waals surface area (Å²) >= 11 is 0. The van der Waals surface area contributed by atoms with E-state index in [1.54, 1.807) is 17.8 Å². The maximum atomic E-state index is 12.5. The van der Waals surface area contributed by atoms with Crippen molar-refractivity contribution in [2.45, 2.75) is 38.5 Å². The Hall–Kier alpha value is -2.48. The van der Waals surface area contributed by atoms with Crippen LogP contribution < -0.4 is 16.2 Å². The maximum Gasteiger partial charge on any atom is 0.258 e. The fraction of sp³-hybridized carbons (Fsp3) is 0.529. The van der Waals surface area contributed by atoms with Crippen LogP contribution in [0.25, 0.3) is 0 Å². The van der Waals surface area contributed by atoms with Crippen LogP contribution >= 0.6 is 0 Å². The topological polar surface area (TPSA) is 105 Å². The Morgan fingerprint density at radius 1 is 1.32 bits per heavy atom. The van der Waals surface area contributed by atoms with E-state index in [2.05, 4.69) is 25.7 Å². The zero-order chi connectivity index (χ0) is 18.0. The zero-order valence-electron chi connectivity index (χ0n) is 14.8. The summed E-state index contributed by atoms with van der Waals surface area (Å²) in [5.41, 5.74) is 0.759. The molecule has 1 fully saturated rings. The van der Waals surface area contributed by atoms with Gasteiger partial charge in [-0.1, -0.05) is 13.8 Å². The maximum absolute atomic E-state index is 12.5. The van der Waals surface area contributed by atoms with Crippen molar-refractivity contribution in [2.24, 2.45) is 7.05 Å². The largest absolute Gasteiger partial charge is 0.326 e. The van der Waals surface area contributed by atoms with Gasteiger partial charge in [-0.25, -0.2) is 4.68 Å². The van der Waals surface area contributed by atoms with Gasteiger partial charge >= 0.3 is 0 Å². The molecule has 0 aliphatic carbocycles. The van der Waals surface area contributed by atoms with Crippen molar-refractivity contribution in [3.8, 4) is 0 Å². The molecule has 134 valence electrons. The predicted octanol–water partition coefficient (Wildman–Crippen LogP) is 1.35. The second kappa shape index (κ2) is 7.18. The lowest BCUT2D eigenvalue weighted by Gasteiger charge is -2.19. The van der Waals surface area contributed by atoms with Gasteiger partial charge in [0.1, 0.15) is 0 Å². The Balaban J connectivity index is 1.79. The van der Waals surface area contributed by atoms with Gasteiger partial charge in [0, 0.05) is 30.3 Å². The molecule has 8 nitrogen and oxygen atoms in total. The Morgan fingerprint density at radius 2 is 2.04 bits per heavy atom. The third kappa shape index (κ3) is 3.96. The highest BCUT2D eigenvalue weighted by atomic mass is 16.2. The summed E-state index contributed by atoms with van der Waals surface area (Å²) in [6.07, 6.45) is 1.98. The van der Waals surface area contributed by atoms with Gasteiger partial charge in [0.15, 0.2) is 5.82 Å². The number of hydrogen-bond acceptors (Lipinski definition) is 5. The molecule has 3 heterocycles. The number of aromatic amines is 1. The average Bonchev–Trinajstić information content (AvgIpc) is 2.96. The molecule has 0 saturated carbocycles. The minimum absolute atomic E-state index is 0.127. The second-order valence-electron chi connectivity index (χ2n) is 6.74. The van der Waals surface area contributed by atoms with Crippen molar-refractivity contribution in [1.29, 1.82) is 0 Å². The van der Waals surface area contributed by atoms with Gasteiger partial charge in [0.2, 0.25) is 11.5 Å². The van der Waals surface area contributed by atoms with Crippen LogP contribution in [0, 0.1) is 0 Å². The molecule has 0 spiro atoms. The van der Waals surface area contributed by atoms with Gasteiger partial charge in [-0.3, -0.25) is 14.9 Å². The van der Waals surface area contributed by atoms with E-state index in [0.29, 0.717) is 17.4 Å². The van der Waals surface area contributed by atoms with Crippen LogP contribution in [0.3, 0.4) is 0 Å². The van der Waals surface area contributed by atoms with Gasteiger partial charge in [-0.05, 0) is 37.9 Å². The minimum Gasteiger partial charge on any atom is -0.326 e. The zero-order valence-corrected chi connectivity index (χ0v) is 14.8. The van der Waals surface area contributed by atoms with Crippen molar-refractivity contribution < 1.29 is 4.79 Å². The highest BCUT2D eigenvalue weighted by Crippen LogP contribution is 2.23. The number of nitrogens with zero attached hydrogens (tertiary/aromatic N) is 3. The molecule has 0 radical (unpaired) electrons. The molecule has 0 aromatic carbocycles. The van der Waals surface area contributed by atoms with Crippen molar-refractivity contribution in [2.75, 3.05) is 18.4 Å². The van der Waals surface area contributed by atoms with Crippen molar-refractivity contribution in [3.63, 3.8) is 0 Å². The number of carbonyl (C=O) groups is 1. The smallest absolute Gasteiger partial charge is 0.258 e.